The first-order valence-electron chi connectivity index (χ1n) is 4.88. The smallest absolute Gasteiger partial charge is 0.319 e. The van der Waals surface area contributed by atoms with Crippen LogP contribution >= 0.6 is 0 Å². The second kappa shape index (κ2) is 5.65. The van der Waals surface area contributed by atoms with Gasteiger partial charge in [0, 0.05) is 0 Å². The van der Waals surface area contributed by atoms with Crippen molar-refractivity contribution in [2.24, 2.45) is 0 Å². The molecule has 0 saturated carbocycles. The van der Waals surface area contributed by atoms with Gasteiger partial charge < -0.3 is 9.84 Å². The summed E-state index contributed by atoms with van der Waals surface area (Å²) in [4.78, 5) is 11.3. The second-order valence-electron chi connectivity index (χ2n) is 3.18. The van der Waals surface area contributed by atoms with Gasteiger partial charge in [0.15, 0.2) is 0 Å². The fourth-order valence-corrected chi connectivity index (χ4v) is 2.71. The van der Waals surface area contributed by atoms with Gasteiger partial charge in [0.25, 0.3) is 0 Å². The number of carboxylic acids is 1. The molecule has 0 fully saturated rings. The molecule has 0 saturated heterocycles. The Morgan fingerprint density at radius 1 is 1.50 bits per heavy atom. The first-order chi connectivity index (χ1) is 7.61. The third-order valence-corrected chi connectivity index (χ3v) is 4.01. The highest BCUT2D eigenvalue weighted by Gasteiger charge is 2.25. The van der Waals surface area contributed by atoms with Crippen LogP contribution in [-0.2, 0) is 15.6 Å². The monoisotopic (exact) mass is 242 g/mol. The average Bonchev–Trinajstić information content (AvgIpc) is 2.29. The van der Waals surface area contributed by atoms with Crippen LogP contribution in [0.3, 0.4) is 0 Å². The third-order valence-electron chi connectivity index (χ3n) is 2.19. The molecular weight excluding hydrogens is 228 g/mol. The molecule has 4 nitrogen and oxygen atoms in total. The minimum absolute atomic E-state index is 0.319. The van der Waals surface area contributed by atoms with Gasteiger partial charge in [-0.2, -0.15) is 0 Å². The molecule has 0 amide bonds. The summed E-state index contributed by atoms with van der Waals surface area (Å²) in [5, 5.41) is 8.04. The van der Waals surface area contributed by atoms with Crippen molar-refractivity contribution in [3.8, 4) is 5.75 Å². The van der Waals surface area contributed by atoms with E-state index >= 15 is 0 Å². The van der Waals surface area contributed by atoms with Crippen molar-refractivity contribution in [3.63, 3.8) is 0 Å². The predicted octanol–water partition coefficient (Wildman–Crippen LogP) is 1.67. The highest BCUT2D eigenvalue weighted by atomic mass is 32.2. The summed E-state index contributed by atoms with van der Waals surface area (Å²) in [6, 6.07) is 6.76. The Hall–Kier alpha value is -1.36. The number of carbonyl (C=O) groups is 1. The number of carboxylic acid groups (broad SMARTS) is 1. The van der Waals surface area contributed by atoms with E-state index in [1.54, 1.807) is 31.2 Å². The molecule has 2 atom stereocenters. The fourth-order valence-electron chi connectivity index (χ4n) is 1.36. The van der Waals surface area contributed by atoms with Crippen LogP contribution < -0.4 is 4.74 Å². The van der Waals surface area contributed by atoms with Crippen molar-refractivity contribution in [3.05, 3.63) is 24.3 Å². The molecule has 0 aliphatic rings. The molecule has 0 spiro atoms. The summed E-state index contributed by atoms with van der Waals surface area (Å²) in [5.41, 5.74) is 0. The van der Waals surface area contributed by atoms with Gasteiger partial charge in [0.1, 0.15) is 11.0 Å². The zero-order valence-electron chi connectivity index (χ0n) is 9.17. The molecule has 0 heterocycles. The number of aliphatic carboxylic acids is 1. The minimum atomic E-state index is -1.59. The fraction of sp³-hybridized carbons (Fsp3) is 0.364. The number of benzene rings is 1. The van der Waals surface area contributed by atoms with Crippen LogP contribution in [0, 0.1) is 0 Å². The second-order valence-corrected chi connectivity index (χ2v) is 4.79. The van der Waals surface area contributed by atoms with Crippen molar-refractivity contribution < 1.29 is 18.8 Å². The number of hydrogen-bond donors (Lipinski definition) is 1. The Morgan fingerprint density at radius 2 is 2.12 bits per heavy atom. The molecule has 0 aliphatic carbocycles. The predicted molar refractivity (Wildman–Crippen MR) is 61.1 cm³/mol. The maximum Gasteiger partial charge on any atom is 0.319 e. The summed E-state index contributed by atoms with van der Waals surface area (Å²) in [6.45, 7) is 1.70. The van der Waals surface area contributed by atoms with Crippen molar-refractivity contribution in [2.45, 2.75) is 23.5 Å². The molecule has 0 radical (unpaired) electrons. The lowest BCUT2D eigenvalue weighted by molar-refractivity contribution is -0.136. The van der Waals surface area contributed by atoms with Gasteiger partial charge in [-0.25, -0.2) is 0 Å². The summed E-state index contributed by atoms with van der Waals surface area (Å²) >= 11 is 0. The van der Waals surface area contributed by atoms with E-state index in [9.17, 15) is 9.00 Å². The van der Waals surface area contributed by atoms with E-state index in [2.05, 4.69) is 0 Å². The highest BCUT2D eigenvalue weighted by Crippen LogP contribution is 2.24. The van der Waals surface area contributed by atoms with E-state index in [0.29, 0.717) is 17.1 Å². The lowest BCUT2D eigenvalue weighted by Crippen LogP contribution is -2.25. The Kier molecular flexibility index (Phi) is 4.49. The third kappa shape index (κ3) is 2.61. The van der Waals surface area contributed by atoms with E-state index in [1.807, 2.05) is 0 Å². The summed E-state index contributed by atoms with van der Waals surface area (Å²) in [7, 11) is -0.117. The van der Waals surface area contributed by atoms with Gasteiger partial charge in [-0.15, -0.1) is 0 Å². The van der Waals surface area contributed by atoms with E-state index in [4.69, 9.17) is 9.84 Å². The van der Waals surface area contributed by atoms with Crippen LogP contribution in [0.1, 0.15) is 13.3 Å². The van der Waals surface area contributed by atoms with Crippen LogP contribution in [-0.4, -0.2) is 27.6 Å². The normalized spacial score (nSPS) is 14.1. The summed E-state index contributed by atoms with van der Waals surface area (Å²) in [5.74, 6) is -0.590. The molecule has 88 valence electrons. The van der Waals surface area contributed by atoms with E-state index in [1.165, 1.54) is 7.11 Å². The maximum absolute atomic E-state index is 12.0. The molecule has 16 heavy (non-hydrogen) atoms. The summed E-state index contributed by atoms with van der Waals surface area (Å²) in [6.07, 6.45) is 0.319. The molecule has 1 N–H and O–H groups in total. The van der Waals surface area contributed by atoms with E-state index < -0.39 is 22.0 Å². The average molecular weight is 242 g/mol. The topological polar surface area (TPSA) is 63.6 Å². The van der Waals surface area contributed by atoms with Gasteiger partial charge in [0.05, 0.1) is 22.8 Å². The Labute approximate surface area is 96.7 Å². The number of ether oxygens (including phenoxy) is 1. The van der Waals surface area contributed by atoms with Gasteiger partial charge >= 0.3 is 5.97 Å². The molecular formula is C11H14O4S. The Balaban J connectivity index is 3.08. The molecule has 0 aromatic heterocycles. The molecule has 1 aromatic carbocycles. The van der Waals surface area contributed by atoms with Crippen LogP contribution in [0.15, 0.2) is 29.2 Å². The molecule has 1 aromatic rings. The van der Waals surface area contributed by atoms with Crippen LogP contribution in [0.5, 0.6) is 5.75 Å². The zero-order valence-corrected chi connectivity index (χ0v) is 9.99. The Morgan fingerprint density at radius 3 is 2.62 bits per heavy atom. The standard InChI is InChI=1S/C11H14O4S/c1-3-9(11(12)13)16(14)10-7-5-4-6-8(10)15-2/h4-7,9H,3H2,1-2H3,(H,12,13). The molecule has 2 unspecified atom stereocenters. The van der Waals surface area contributed by atoms with Crippen molar-refractivity contribution >= 4 is 16.8 Å². The quantitative estimate of drug-likeness (QED) is 0.853. The molecule has 0 aliphatic heterocycles. The number of hydrogen-bond acceptors (Lipinski definition) is 3. The van der Waals surface area contributed by atoms with Gasteiger partial charge in [0.2, 0.25) is 0 Å². The van der Waals surface area contributed by atoms with Gasteiger partial charge in [-0.3, -0.25) is 9.00 Å². The number of methoxy groups -OCH3 is 1. The van der Waals surface area contributed by atoms with Crippen molar-refractivity contribution in [2.75, 3.05) is 7.11 Å². The van der Waals surface area contributed by atoms with Gasteiger partial charge in [-0.1, -0.05) is 19.1 Å². The summed E-state index contributed by atoms with van der Waals surface area (Å²) < 4.78 is 17.1. The lowest BCUT2D eigenvalue weighted by atomic mass is 10.3. The van der Waals surface area contributed by atoms with Crippen molar-refractivity contribution in [1.29, 1.82) is 0 Å². The SMILES string of the molecule is CCC(C(=O)O)S(=O)c1ccccc1OC. The first-order valence-corrected chi connectivity index (χ1v) is 6.09. The largest absolute Gasteiger partial charge is 0.495 e. The minimum Gasteiger partial charge on any atom is -0.495 e. The van der Waals surface area contributed by atoms with Gasteiger partial charge in [-0.05, 0) is 18.6 Å². The molecule has 0 bridgehead atoms. The number of rotatable bonds is 5. The maximum atomic E-state index is 12.0. The Bertz CT molecular complexity index is 403. The highest BCUT2D eigenvalue weighted by molar-refractivity contribution is 7.86. The van der Waals surface area contributed by atoms with Crippen LogP contribution in [0.4, 0.5) is 0 Å². The first kappa shape index (κ1) is 12.7. The van der Waals surface area contributed by atoms with Crippen molar-refractivity contribution in [1.82, 2.24) is 0 Å². The van der Waals surface area contributed by atoms with Crippen LogP contribution in [0.2, 0.25) is 0 Å². The molecule has 1 rings (SSSR count). The van der Waals surface area contributed by atoms with Crippen LogP contribution in [0.25, 0.3) is 0 Å². The molecule has 5 heteroatoms. The van der Waals surface area contributed by atoms with E-state index in [-0.39, 0.29) is 0 Å². The lowest BCUT2D eigenvalue weighted by Gasteiger charge is -2.12. The van der Waals surface area contributed by atoms with E-state index in [0.717, 1.165) is 0 Å². The number of para-hydroxylation sites is 1. The zero-order chi connectivity index (χ0) is 12.1.